The molecule has 1 N–H and O–H groups in total. The van der Waals surface area contributed by atoms with Gasteiger partial charge < -0.3 is 5.32 Å². The Hall–Kier alpha value is -1.06. The first kappa shape index (κ1) is 14.3. The van der Waals surface area contributed by atoms with E-state index in [0.717, 1.165) is 37.0 Å². The van der Waals surface area contributed by atoms with Crippen molar-refractivity contribution in [2.75, 3.05) is 6.54 Å². The molecule has 4 bridgehead atoms. The molecule has 0 spiro atoms. The Balaban J connectivity index is 1.29. The fourth-order valence-corrected chi connectivity index (χ4v) is 6.80. The van der Waals surface area contributed by atoms with Crippen LogP contribution in [0.2, 0.25) is 0 Å². The van der Waals surface area contributed by atoms with E-state index in [4.69, 9.17) is 0 Å². The minimum absolute atomic E-state index is 0.0368. The van der Waals surface area contributed by atoms with Gasteiger partial charge in [-0.1, -0.05) is 0 Å². The van der Waals surface area contributed by atoms with Crippen LogP contribution in [0.4, 0.5) is 4.79 Å². The number of hydrogen-bond donors (Lipinski definition) is 1. The van der Waals surface area contributed by atoms with Crippen molar-refractivity contribution in [3.63, 3.8) is 0 Å². The van der Waals surface area contributed by atoms with E-state index in [0.29, 0.717) is 17.9 Å². The lowest BCUT2D eigenvalue weighted by Gasteiger charge is -2.57. The third kappa shape index (κ3) is 2.09. The highest BCUT2D eigenvalue weighted by Crippen LogP contribution is 2.61. The van der Waals surface area contributed by atoms with Gasteiger partial charge >= 0.3 is 6.03 Å². The molecule has 4 heteroatoms. The number of carbonyl (C=O) groups is 2. The summed E-state index contributed by atoms with van der Waals surface area (Å²) >= 11 is 0. The molecule has 6 fully saturated rings. The molecule has 5 saturated carbocycles. The third-order valence-corrected chi connectivity index (χ3v) is 7.73. The fraction of sp³-hybridized carbons (Fsp3) is 0.895. The Kier molecular flexibility index (Phi) is 2.81. The van der Waals surface area contributed by atoms with E-state index in [2.05, 4.69) is 5.32 Å². The standard InChI is InChI=1S/C19H28N2O2/c1-18(15-2-3-15)16(22)21(17(23)20-18)5-4-19-9-12-6-13(10-19)8-14(7-12)11-19/h12-15H,2-11H2,1H3,(H,20,23). The van der Waals surface area contributed by atoms with Crippen LogP contribution in [0, 0.1) is 29.1 Å². The molecule has 1 aliphatic heterocycles. The molecule has 23 heavy (non-hydrogen) atoms. The number of carbonyl (C=O) groups excluding carboxylic acids is 2. The van der Waals surface area contributed by atoms with Crippen LogP contribution in [0.15, 0.2) is 0 Å². The molecule has 0 aromatic carbocycles. The number of rotatable bonds is 4. The number of urea groups is 1. The zero-order valence-electron chi connectivity index (χ0n) is 14.1. The van der Waals surface area contributed by atoms with E-state index in [1.807, 2.05) is 6.92 Å². The maximum Gasteiger partial charge on any atom is 0.325 e. The van der Waals surface area contributed by atoms with E-state index in [1.54, 1.807) is 0 Å². The summed E-state index contributed by atoms with van der Waals surface area (Å²) in [5.74, 6) is 3.20. The van der Waals surface area contributed by atoms with Crippen LogP contribution in [0.5, 0.6) is 0 Å². The van der Waals surface area contributed by atoms with E-state index >= 15 is 0 Å². The molecule has 0 aromatic heterocycles. The van der Waals surface area contributed by atoms with Crippen molar-refractivity contribution in [1.82, 2.24) is 10.2 Å². The average Bonchev–Trinajstić information content (AvgIpc) is 3.27. The Morgan fingerprint density at radius 1 is 1.04 bits per heavy atom. The minimum atomic E-state index is -0.613. The lowest BCUT2D eigenvalue weighted by Crippen LogP contribution is -2.48. The summed E-state index contributed by atoms with van der Waals surface area (Å²) in [4.78, 5) is 26.7. The number of imide groups is 1. The monoisotopic (exact) mass is 316 g/mol. The molecule has 5 aliphatic carbocycles. The van der Waals surface area contributed by atoms with Gasteiger partial charge in [-0.15, -0.1) is 0 Å². The van der Waals surface area contributed by atoms with Gasteiger partial charge in [0.1, 0.15) is 5.54 Å². The highest BCUT2D eigenvalue weighted by Gasteiger charge is 2.57. The maximum absolute atomic E-state index is 12.8. The second-order valence-corrected chi connectivity index (χ2v) is 9.53. The van der Waals surface area contributed by atoms with E-state index in [9.17, 15) is 9.59 Å². The molecule has 1 heterocycles. The van der Waals surface area contributed by atoms with Crippen LogP contribution in [0.25, 0.3) is 0 Å². The Morgan fingerprint density at radius 3 is 2.13 bits per heavy atom. The van der Waals surface area contributed by atoms with Crippen molar-refractivity contribution in [2.24, 2.45) is 29.1 Å². The number of nitrogens with zero attached hydrogens (tertiary/aromatic N) is 1. The van der Waals surface area contributed by atoms with Crippen LogP contribution in [-0.4, -0.2) is 28.9 Å². The van der Waals surface area contributed by atoms with Crippen LogP contribution in [0.3, 0.4) is 0 Å². The molecule has 0 radical (unpaired) electrons. The lowest BCUT2D eigenvalue weighted by atomic mass is 9.49. The first-order chi connectivity index (χ1) is 11.0. The van der Waals surface area contributed by atoms with Crippen LogP contribution in [-0.2, 0) is 4.79 Å². The van der Waals surface area contributed by atoms with Crippen molar-refractivity contribution < 1.29 is 9.59 Å². The number of nitrogens with one attached hydrogen (secondary N) is 1. The molecule has 1 saturated heterocycles. The van der Waals surface area contributed by atoms with E-state index in [-0.39, 0.29) is 11.9 Å². The predicted octanol–water partition coefficient (Wildman–Crippen LogP) is 3.31. The van der Waals surface area contributed by atoms with Crippen molar-refractivity contribution in [1.29, 1.82) is 0 Å². The average molecular weight is 316 g/mol. The van der Waals surface area contributed by atoms with Gasteiger partial charge in [-0.2, -0.15) is 0 Å². The van der Waals surface area contributed by atoms with Gasteiger partial charge in [0.2, 0.25) is 0 Å². The van der Waals surface area contributed by atoms with Crippen molar-refractivity contribution in [3.8, 4) is 0 Å². The highest BCUT2D eigenvalue weighted by molar-refractivity contribution is 6.07. The largest absolute Gasteiger partial charge is 0.325 e. The fourth-order valence-electron chi connectivity index (χ4n) is 6.80. The van der Waals surface area contributed by atoms with Crippen molar-refractivity contribution in [3.05, 3.63) is 0 Å². The molecule has 3 amide bonds. The van der Waals surface area contributed by atoms with E-state index < -0.39 is 5.54 Å². The second-order valence-electron chi connectivity index (χ2n) is 9.53. The third-order valence-electron chi connectivity index (χ3n) is 7.73. The zero-order chi connectivity index (χ0) is 15.8. The summed E-state index contributed by atoms with van der Waals surface area (Å²) < 4.78 is 0. The summed E-state index contributed by atoms with van der Waals surface area (Å²) in [6.07, 6.45) is 11.6. The molecular formula is C19H28N2O2. The van der Waals surface area contributed by atoms with Gasteiger partial charge in [0.25, 0.3) is 5.91 Å². The Morgan fingerprint density at radius 2 is 1.61 bits per heavy atom. The summed E-state index contributed by atoms with van der Waals surface area (Å²) in [6, 6.07) is -0.144. The topological polar surface area (TPSA) is 49.4 Å². The molecule has 126 valence electrons. The Bertz CT molecular complexity index is 532. The van der Waals surface area contributed by atoms with Gasteiger partial charge in [-0.3, -0.25) is 9.69 Å². The van der Waals surface area contributed by atoms with Crippen LogP contribution in [0.1, 0.15) is 64.7 Å². The van der Waals surface area contributed by atoms with Gasteiger partial charge in [-0.05, 0) is 93.8 Å². The second kappa shape index (κ2) is 4.52. The molecule has 6 aliphatic rings. The molecule has 1 unspecified atom stereocenters. The van der Waals surface area contributed by atoms with Gasteiger partial charge in [-0.25, -0.2) is 4.79 Å². The Labute approximate surface area is 138 Å². The van der Waals surface area contributed by atoms with Crippen molar-refractivity contribution in [2.45, 2.75) is 70.3 Å². The number of amides is 3. The normalized spacial score (nSPS) is 48.2. The molecule has 0 aromatic rings. The first-order valence-electron chi connectivity index (χ1n) is 9.62. The quantitative estimate of drug-likeness (QED) is 0.809. The van der Waals surface area contributed by atoms with Gasteiger partial charge in [0.15, 0.2) is 0 Å². The predicted molar refractivity (Wildman–Crippen MR) is 86.6 cm³/mol. The summed E-state index contributed by atoms with van der Waals surface area (Å²) in [5.41, 5.74) is -0.174. The van der Waals surface area contributed by atoms with Crippen LogP contribution >= 0.6 is 0 Å². The highest BCUT2D eigenvalue weighted by atomic mass is 16.2. The SMILES string of the molecule is CC1(C2CC2)NC(=O)N(CCC23CC4CC(CC(C4)C2)C3)C1=O. The minimum Gasteiger partial charge on any atom is -0.323 e. The van der Waals surface area contributed by atoms with Crippen molar-refractivity contribution >= 4 is 11.9 Å². The molecular weight excluding hydrogens is 288 g/mol. The number of hydrogen-bond acceptors (Lipinski definition) is 2. The van der Waals surface area contributed by atoms with Gasteiger partial charge in [0.05, 0.1) is 0 Å². The summed E-state index contributed by atoms with van der Waals surface area (Å²) in [5, 5.41) is 2.99. The summed E-state index contributed by atoms with van der Waals surface area (Å²) in [7, 11) is 0. The van der Waals surface area contributed by atoms with Crippen LogP contribution < -0.4 is 5.32 Å². The molecule has 4 nitrogen and oxygen atoms in total. The summed E-state index contributed by atoms with van der Waals surface area (Å²) in [6.45, 7) is 2.56. The molecule has 1 atom stereocenters. The smallest absolute Gasteiger partial charge is 0.323 e. The van der Waals surface area contributed by atoms with Gasteiger partial charge in [0, 0.05) is 6.54 Å². The molecule has 6 rings (SSSR count). The lowest BCUT2D eigenvalue weighted by molar-refractivity contribution is -0.132. The zero-order valence-corrected chi connectivity index (χ0v) is 14.1. The maximum atomic E-state index is 12.8. The first-order valence-corrected chi connectivity index (χ1v) is 9.62. The van der Waals surface area contributed by atoms with E-state index in [1.165, 1.54) is 43.4 Å².